The van der Waals surface area contributed by atoms with Gasteiger partial charge in [0, 0.05) is 22.8 Å². The first-order valence-corrected chi connectivity index (χ1v) is 10.2. The Bertz CT molecular complexity index is 1040. The van der Waals surface area contributed by atoms with Gasteiger partial charge in [0.05, 0.1) is 12.5 Å². The molecule has 6 nitrogen and oxygen atoms in total. The summed E-state index contributed by atoms with van der Waals surface area (Å²) in [6.07, 6.45) is 1.73. The number of nitrogens with one attached hydrogen (secondary N) is 1. The maximum atomic E-state index is 13.1. The molecule has 1 aromatic heterocycles. The third-order valence-corrected chi connectivity index (χ3v) is 5.74. The number of aromatic nitrogens is 2. The molecular formula is C22H22ClFN4O2. The minimum absolute atomic E-state index is 0.0115. The predicted molar refractivity (Wildman–Crippen MR) is 113 cm³/mol. The summed E-state index contributed by atoms with van der Waals surface area (Å²) in [6, 6.07) is 11.4. The van der Waals surface area contributed by atoms with Crippen molar-refractivity contribution in [2.75, 3.05) is 18.4 Å². The molecule has 0 saturated carbocycles. The Kier molecular flexibility index (Phi) is 6.11. The molecule has 4 rings (SSSR count). The average Bonchev–Trinajstić information content (AvgIpc) is 3.20. The van der Waals surface area contributed by atoms with Gasteiger partial charge in [-0.25, -0.2) is 4.39 Å². The molecule has 0 radical (unpaired) electrons. The Balaban J connectivity index is 1.38. The number of piperidine rings is 1. The molecule has 2 aromatic carbocycles. The second-order valence-electron chi connectivity index (χ2n) is 7.49. The molecule has 1 unspecified atom stereocenters. The van der Waals surface area contributed by atoms with Crippen molar-refractivity contribution in [3.63, 3.8) is 0 Å². The topological polar surface area (TPSA) is 71.3 Å². The smallest absolute Gasteiger partial charge is 0.241 e. The number of rotatable bonds is 5. The van der Waals surface area contributed by atoms with E-state index in [2.05, 4.69) is 20.4 Å². The zero-order valence-electron chi connectivity index (χ0n) is 16.6. The van der Waals surface area contributed by atoms with E-state index in [4.69, 9.17) is 16.1 Å². The van der Waals surface area contributed by atoms with E-state index in [0.717, 1.165) is 30.6 Å². The summed E-state index contributed by atoms with van der Waals surface area (Å²) in [7, 11) is 0. The van der Waals surface area contributed by atoms with Gasteiger partial charge in [-0.05, 0) is 68.3 Å². The number of anilines is 1. The SMILES string of the molecule is Cc1c(Cl)cccc1NC(=O)C1CCCN(Cc2nc(-c3ccc(F)cc3)no2)C1. The van der Waals surface area contributed by atoms with Gasteiger partial charge in [0.2, 0.25) is 17.6 Å². The van der Waals surface area contributed by atoms with Gasteiger partial charge in [0.25, 0.3) is 0 Å². The first-order valence-electron chi connectivity index (χ1n) is 9.86. The van der Waals surface area contributed by atoms with Gasteiger partial charge in [-0.2, -0.15) is 4.98 Å². The summed E-state index contributed by atoms with van der Waals surface area (Å²) in [4.78, 5) is 19.3. The maximum Gasteiger partial charge on any atom is 0.241 e. The summed E-state index contributed by atoms with van der Waals surface area (Å²) in [5.41, 5.74) is 2.30. The number of likely N-dealkylation sites (tertiary alicyclic amines) is 1. The molecule has 0 bridgehead atoms. The Morgan fingerprint density at radius 1 is 1.30 bits per heavy atom. The Hall–Kier alpha value is -2.77. The molecule has 2 heterocycles. The largest absolute Gasteiger partial charge is 0.338 e. The van der Waals surface area contributed by atoms with Crippen molar-refractivity contribution in [2.45, 2.75) is 26.3 Å². The summed E-state index contributed by atoms with van der Waals surface area (Å²) in [5.74, 6) is 0.445. The molecule has 1 amide bonds. The van der Waals surface area contributed by atoms with Gasteiger partial charge >= 0.3 is 0 Å². The number of hydrogen-bond donors (Lipinski definition) is 1. The van der Waals surface area contributed by atoms with Crippen LogP contribution in [0.25, 0.3) is 11.4 Å². The minimum atomic E-state index is -0.312. The lowest BCUT2D eigenvalue weighted by Gasteiger charge is -2.31. The quantitative estimate of drug-likeness (QED) is 0.638. The van der Waals surface area contributed by atoms with Crippen molar-refractivity contribution in [1.29, 1.82) is 0 Å². The molecular weight excluding hydrogens is 407 g/mol. The number of amides is 1. The normalized spacial score (nSPS) is 17.1. The van der Waals surface area contributed by atoms with Gasteiger partial charge in [-0.3, -0.25) is 9.69 Å². The van der Waals surface area contributed by atoms with Crippen LogP contribution >= 0.6 is 11.6 Å². The highest BCUT2D eigenvalue weighted by atomic mass is 35.5. The fourth-order valence-electron chi connectivity index (χ4n) is 3.62. The summed E-state index contributed by atoms with van der Waals surface area (Å²) in [5, 5.41) is 7.62. The highest BCUT2D eigenvalue weighted by molar-refractivity contribution is 6.31. The van der Waals surface area contributed by atoms with Gasteiger partial charge in [-0.1, -0.05) is 22.8 Å². The lowest BCUT2D eigenvalue weighted by atomic mass is 9.97. The van der Waals surface area contributed by atoms with Gasteiger partial charge in [0.15, 0.2) is 0 Å². The van der Waals surface area contributed by atoms with E-state index in [1.54, 1.807) is 18.2 Å². The van der Waals surface area contributed by atoms with Gasteiger partial charge in [-0.15, -0.1) is 0 Å². The molecule has 1 aliphatic rings. The maximum absolute atomic E-state index is 13.1. The van der Waals surface area contributed by atoms with E-state index in [1.165, 1.54) is 12.1 Å². The van der Waals surface area contributed by atoms with E-state index in [1.807, 2.05) is 19.1 Å². The first kappa shape index (κ1) is 20.5. The lowest BCUT2D eigenvalue weighted by Crippen LogP contribution is -2.40. The van der Waals surface area contributed by atoms with Crippen molar-refractivity contribution in [2.24, 2.45) is 5.92 Å². The molecule has 0 spiro atoms. The first-order chi connectivity index (χ1) is 14.5. The summed E-state index contributed by atoms with van der Waals surface area (Å²) < 4.78 is 18.4. The fraction of sp³-hybridized carbons (Fsp3) is 0.318. The van der Waals surface area contributed by atoms with Crippen LogP contribution in [-0.4, -0.2) is 34.0 Å². The van der Waals surface area contributed by atoms with Crippen molar-refractivity contribution in [3.05, 3.63) is 64.8 Å². The van der Waals surface area contributed by atoms with Gasteiger partial charge in [0.1, 0.15) is 5.82 Å². The molecule has 1 atom stereocenters. The van der Waals surface area contributed by atoms with Crippen molar-refractivity contribution < 1.29 is 13.7 Å². The molecule has 156 valence electrons. The van der Waals surface area contributed by atoms with E-state index >= 15 is 0 Å². The molecule has 1 fully saturated rings. The summed E-state index contributed by atoms with van der Waals surface area (Å²) >= 11 is 6.15. The number of carbonyl (C=O) groups is 1. The van der Waals surface area contributed by atoms with Gasteiger partial charge < -0.3 is 9.84 Å². The zero-order valence-corrected chi connectivity index (χ0v) is 17.3. The van der Waals surface area contributed by atoms with E-state index < -0.39 is 0 Å². The molecule has 1 aliphatic heterocycles. The minimum Gasteiger partial charge on any atom is -0.338 e. The molecule has 1 saturated heterocycles. The van der Waals surface area contributed by atoms with Crippen LogP contribution in [0.5, 0.6) is 0 Å². The molecule has 3 aromatic rings. The van der Waals surface area contributed by atoms with Crippen LogP contribution < -0.4 is 5.32 Å². The number of benzene rings is 2. The van der Waals surface area contributed by atoms with E-state index in [9.17, 15) is 9.18 Å². The zero-order chi connectivity index (χ0) is 21.1. The summed E-state index contributed by atoms with van der Waals surface area (Å²) in [6.45, 7) is 3.82. The third-order valence-electron chi connectivity index (χ3n) is 5.33. The fourth-order valence-corrected chi connectivity index (χ4v) is 3.79. The second kappa shape index (κ2) is 8.93. The average molecular weight is 429 g/mol. The van der Waals surface area contributed by atoms with Crippen LogP contribution in [0.1, 0.15) is 24.3 Å². The van der Waals surface area contributed by atoms with Crippen molar-refractivity contribution >= 4 is 23.2 Å². The number of nitrogens with zero attached hydrogens (tertiary/aromatic N) is 3. The Morgan fingerprint density at radius 3 is 2.90 bits per heavy atom. The number of carbonyl (C=O) groups excluding carboxylic acids is 1. The van der Waals surface area contributed by atoms with Crippen LogP contribution in [0.2, 0.25) is 5.02 Å². The molecule has 8 heteroatoms. The van der Waals surface area contributed by atoms with E-state index in [-0.39, 0.29) is 17.6 Å². The molecule has 30 heavy (non-hydrogen) atoms. The van der Waals surface area contributed by atoms with Crippen LogP contribution in [0, 0.1) is 18.7 Å². The van der Waals surface area contributed by atoms with Crippen LogP contribution in [-0.2, 0) is 11.3 Å². The Labute approximate surface area is 179 Å². The molecule has 0 aliphatic carbocycles. The van der Waals surface area contributed by atoms with Crippen LogP contribution in [0.3, 0.4) is 0 Å². The highest BCUT2D eigenvalue weighted by Gasteiger charge is 2.27. The van der Waals surface area contributed by atoms with Crippen LogP contribution in [0.4, 0.5) is 10.1 Å². The molecule has 1 N–H and O–H groups in total. The predicted octanol–water partition coefficient (Wildman–Crippen LogP) is 4.69. The highest BCUT2D eigenvalue weighted by Crippen LogP contribution is 2.25. The van der Waals surface area contributed by atoms with Crippen LogP contribution in [0.15, 0.2) is 47.0 Å². The number of hydrogen-bond acceptors (Lipinski definition) is 5. The third kappa shape index (κ3) is 4.68. The van der Waals surface area contributed by atoms with Crippen molar-refractivity contribution in [3.8, 4) is 11.4 Å². The lowest BCUT2D eigenvalue weighted by molar-refractivity contribution is -0.121. The monoisotopic (exact) mass is 428 g/mol. The Morgan fingerprint density at radius 2 is 2.10 bits per heavy atom. The van der Waals surface area contributed by atoms with E-state index in [0.29, 0.717) is 35.4 Å². The standard InChI is InChI=1S/C22H22ClFN4O2/c1-14-18(23)5-2-6-19(14)25-22(29)16-4-3-11-28(12-16)13-20-26-21(27-30-20)15-7-9-17(24)10-8-15/h2,5-10,16H,3-4,11-13H2,1H3,(H,25,29). The van der Waals surface area contributed by atoms with Crippen molar-refractivity contribution in [1.82, 2.24) is 15.0 Å². The number of halogens is 2. The second-order valence-corrected chi connectivity index (χ2v) is 7.90.